The third kappa shape index (κ3) is 2.15. The normalized spacial score (nSPS) is 10.7. The lowest BCUT2D eigenvalue weighted by Crippen LogP contribution is -2.30. The second-order valence-electron chi connectivity index (χ2n) is 4.48. The van der Waals surface area contributed by atoms with E-state index in [2.05, 4.69) is 10.5 Å². The number of hydrazine groups is 1. The molecule has 0 saturated heterocycles. The predicted molar refractivity (Wildman–Crippen MR) is 76.9 cm³/mol. The summed E-state index contributed by atoms with van der Waals surface area (Å²) in [5.41, 5.74) is 4.52. The van der Waals surface area contributed by atoms with E-state index in [0.29, 0.717) is 12.2 Å². The minimum absolute atomic E-state index is 0.346. The summed E-state index contributed by atoms with van der Waals surface area (Å²) in [7, 11) is 0. The van der Waals surface area contributed by atoms with E-state index in [1.54, 1.807) is 0 Å². The van der Waals surface area contributed by atoms with Crippen molar-refractivity contribution < 1.29 is 4.79 Å². The zero-order chi connectivity index (χ0) is 13.9. The van der Waals surface area contributed by atoms with Crippen LogP contribution in [0.3, 0.4) is 0 Å². The monoisotopic (exact) mass is 266 g/mol. The first-order valence-corrected chi connectivity index (χ1v) is 6.30. The molecule has 0 radical (unpaired) electrons. The van der Waals surface area contributed by atoms with E-state index in [4.69, 9.17) is 5.84 Å². The van der Waals surface area contributed by atoms with Crippen molar-refractivity contribution in [2.75, 3.05) is 0 Å². The molecule has 2 aromatic carbocycles. The zero-order valence-corrected chi connectivity index (χ0v) is 10.8. The highest BCUT2D eigenvalue weighted by Crippen LogP contribution is 2.19. The average Bonchev–Trinajstić information content (AvgIpc) is 2.87. The smallest absolute Gasteiger partial charge is 0.286 e. The van der Waals surface area contributed by atoms with E-state index < -0.39 is 0 Å². The Hall–Kier alpha value is -2.66. The first kappa shape index (κ1) is 12.4. The first-order valence-electron chi connectivity index (χ1n) is 6.30. The summed E-state index contributed by atoms with van der Waals surface area (Å²) in [5.74, 6) is 4.83. The van der Waals surface area contributed by atoms with Gasteiger partial charge in [0.25, 0.3) is 5.91 Å². The lowest BCUT2D eigenvalue weighted by atomic mass is 10.2. The van der Waals surface area contributed by atoms with Crippen molar-refractivity contribution in [1.82, 2.24) is 15.2 Å². The molecule has 1 heterocycles. The number of benzene rings is 2. The number of nitrogens with one attached hydrogen (secondary N) is 1. The van der Waals surface area contributed by atoms with Gasteiger partial charge in [-0.25, -0.2) is 5.84 Å². The maximum Gasteiger partial charge on any atom is 0.286 e. The van der Waals surface area contributed by atoms with Gasteiger partial charge in [-0.15, -0.1) is 0 Å². The molecule has 0 unspecified atom stereocenters. The Morgan fingerprint density at radius 3 is 2.55 bits per heavy atom. The molecular weight excluding hydrogens is 252 g/mol. The van der Waals surface area contributed by atoms with E-state index >= 15 is 0 Å². The van der Waals surface area contributed by atoms with Crippen molar-refractivity contribution in [3.8, 4) is 0 Å². The number of aromatic nitrogens is 2. The lowest BCUT2D eigenvalue weighted by molar-refractivity contribution is 0.0949. The average molecular weight is 266 g/mol. The lowest BCUT2D eigenvalue weighted by Gasteiger charge is -2.03. The number of amides is 1. The highest BCUT2D eigenvalue weighted by molar-refractivity contribution is 6.04. The maximum atomic E-state index is 11.8. The van der Waals surface area contributed by atoms with Crippen LogP contribution in [0.25, 0.3) is 10.9 Å². The molecular formula is C15H14N4O. The van der Waals surface area contributed by atoms with Crippen LogP contribution in [0.2, 0.25) is 0 Å². The number of nitrogens with zero attached hydrogens (tertiary/aromatic N) is 2. The zero-order valence-electron chi connectivity index (χ0n) is 10.8. The van der Waals surface area contributed by atoms with Gasteiger partial charge in [0.05, 0.1) is 12.1 Å². The highest BCUT2D eigenvalue weighted by atomic mass is 16.2. The van der Waals surface area contributed by atoms with E-state index in [1.165, 1.54) is 0 Å². The van der Waals surface area contributed by atoms with Crippen molar-refractivity contribution >= 4 is 16.8 Å². The van der Waals surface area contributed by atoms with Crippen molar-refractivity contribution in [2.45, 2.75) is 6.54 Å². The van der Waals surface area contributed by atoms with Gasteiger partial charge in [-0.2, -0.15) is 5.10 Å². The molecule has 0 saturated carbocycles. The third-order valence-corrected chi connectivity index (χ3v) is 3.18. The molecule has 3 aromatic rings. The summed E-state index contributed by atoms with van der Waals surface area (Å²) in [6, 6.07) is 17.6. The molecule has 20 heavy (non-hydrogen) atoms. The largest absolute Gasteiger partial charge is 0.289 e. The summed E-state index contributed by atoms with van der Waals surface area (Å²) >= 11 is 0. The predicted octanol–water partition coefficient (Wildman–Crippen LogP) is 1.69. The fourth-order valence-electron chi connectivity index (χ4n) is 2.24. The van der Waals surface area contributed by atoms with E-state index in [0.717, 1.165) is 16.5 Å². The molecule has 3 rings (SSSR count). The van der Waals surface area contributed by atoms with Crippen molar-refractivity contribution in [2.24, 2.45) is 5.84 Å². The van der Waals surface area contributed by atoms with Gasteiger partial charge in [0.1, 0.15) is 0 Å². The Labute approximate surface area is 116 Å². The summed E-state index contributed by atoms with van der Waals surface area (Å²) in [5, 5.41) is 5.18. The fraction of sp³-hybridized carbons (Fsp3) is 0.0667. The van der Waals surface area contributed by atoms with E-state index in [-0.39, 0.29) is 5.91 Å². The number of carbonyl (C=O) groups excluding carboxylic acids is 1. The standard InChI is InChI=1S/C15H14N4O/c16-17-15(20)14-12-8-4-5-9-13(12)19(18-14)10-11-6-2-1-3-7-11/h1-9H,10,16H2,(H,17,20). The van der Waals surface area contributed by atoms with Gasteiger partial charge in [0.2, 0.25) is 0 Å². The number of hydrogen-bond acceptors (Lipinski definition) is 3. The summed E-state index contributed by atoms with van der Waals surface area (Å²) in [6.07, 6.45) is 0. The number of nitrogens with two attached hydrogens (primary N) is 1. The van der Waals surface area contributed by atoms with Gasteiger partial charge in [0.15, 0.2) is 5.69 Å². The molecule has 0 aliphatic carbocycles. The summed E-state index contributed by atoms with van der Waals surface area (Å²) in [6.45, 7) is 0.610. The third-order valence-electron chi connectivity index (χ3n) is 3.18. The molecule has 0 aliphatic rings. The maximum absolute atomic E-state index is 11.8. The molecule has 0 atom stereocenters. The van der Waals surface area contributed by atoms with Crippen molar-refractivity contribution in [3.05, 3.63) is 65.9 Å². The minimum atomic E-state index is -0.381. The van der Waals surface area contributed by atoms with Gasteiger partial charge in [0, 0.05) is 5.39 Å². The highest BCUT2D eigenvalue weighted by Gasteiger charge is 2.15. The molecule has 0 bridgehead atoms. The molecule has 1 aromatic heterocycles. The van der Waals surface area contributed by atoms with Crippen LogP contribution in [0.5, 0.6) is 0 Å². The molecule has 0 aliphatic heterocycles. The number of fused-ring (bicyclic) bond motifs is 1. The van der Waals surface area contributed by atoms with E-state index in [9.17, 15) is 4.79 Å². The van der Waals surface area contributed by atoms with Crippen molar-refractivity contribution in [3.63, 3.8) is 0 Å². The van der Waals surface area contributed by atoms with Gasteiger partial charge in [-0.1, -0.05) is 48.5 Å². The number of para-hydroxylation sites is 1. The summed E-state index contributed by atoms with van der Waals surface area (Å²) < 4.78 is 1.81. The molecule has 0 fully saturated rings. The van der Waals surface area contributed by atoms with Gasteiger partial charge in [-0.05, 0) is 11.6 Å². The number of rotatable bonds is 3. The van der Waals surface area contributed by atoms with Crippen LogP contribution in [0.4, 0.5) is 0 Å². The first-order chi connectivity index (χ1) is 9.79. The SMILES string of the molecule is NNC(=O)c1nn(Cc2ccccc2)c2ccccc12. The minimum Gasteiger partial charge on any atom is -0.289 e. The quantitative estimate of drug-likeness (QED) is 0.430. The fourth-order valence-corrected chi connectivity index (χ4v) is 2.24. The van der Waals surface area contributed by atoms with Crippen LogP contribution < -0.4 is 11.3 Å². The number of nitrogen functional groups attached to an aromatic ring is 1. The Morgan fingerprint density at radius 2 is 1.80 bits per heavy atom. The molecule has 5 nitrogen and oxygen atoms in total. The van der Waals surface area contributed by atoms with Crippen LogP contribution in [-0.4, -0.2) is 15.7 Å². The Kier molecular flexibility index (Phi) is 3.18. The topological polar surface area (TPSA) is 72.9 Å². The van der Waals surface area contributed by atoms with Crippen LogP contribution in [0.15, 0.2) is 54.6 Å². The van der Waals surface area contributed by atoms with E-state index in [1.807, 2.05) is 59.3 Å². The van der Waals surface area contributed by atoms with Crippen molar-refractivity contribution in [1.29, 1.82) is 0 Å². The van der Waals surface area contributed by atoms with Gasteiger partial charge >= 0.3 is 0 Å². The second-order valence-corrected chi connectivity index (χ2v) is 4.48. The summed E-state index contributed by atoms with van der Waals surface area (Å²) in [4.78, 5) is 11.8. The van der Waals surface area contributed by atoms with Crippen LogP contribution in [0, 0.1) is 0 Å². The molecule has 5 heteroatoms. The molecule has 0 spiro atoms. The van der Waals surface area contributed by atoms with Gasteiger partial charge < -0.3 is 0 Å². The van der Waals surface area contributed by atoms with Crippen LogP contribution in [0.1, 0.15) is 16.1 Å². The van der Waals surface area contributed by atoms with Crippen LogP contribution in [-0.2, 0) is 6.54 Å². The Balaban J connectivity index is 2.09. The second kappa shape index (κ2) is 5.14. The number of carbonyl (C=O) groups is 1. The Morgan fingerprint density at radius 1 is 1.10 bits per heavy atom. The molecule has 3 N–H and O–H groups in total. The van der Waals surface area contributed by atoms with Crippen LogP contribution >= 0.6 is 0 Å². The molecule has 1 amide bonds. The number of hydrogen-bond donors (Lipinski definition) is 2. The Bertz CT molecular complexity index is 749. The van der Waals surface area contributed by atoms with Gasteiger partial charge in [-0.3, -0.25) is 14.9 Å². The molecule has 100 valence electrons.